The second-order valence-corrected chi connectivity index (χ2v) is 7.49. The molecule has 0 unspecified atom stereocenters. The number of aromatic carboxylic acids is 1. The molecule has 2 aliphatic rings. The lowest BCUT2D eigenvalue weighted by Gasteiger charge is -2.18. The molecular formula is C19H20ClFN2O4. The molecule has 2 fully saturated rings. The Morgan fingerprint density at radius 1 is 1.33 bits per heavy atom. The van der Waals surface area contributed by atoms with Crippen LogP contribution in [0.3, 0.4) is 0 Å². The summed E-state index contributed by atoms with van der Waals surface area (Å²) in [6.07, 6.45) is 5.34. The minimum atomic E-state index is -1.33. The fraction of sp³-hybridized carbons (Fsp3) is 0.474. The number of carbonyl (C=O) groups is 1. The maximum atomic E-state index is 14.6. The monoisotopic (exact) mass is 394 g/mol. The van der Waals surface area contributed by atoms with E-state index in [1.54, 1.807) is 4.57 Å². The van der Waals surface area contributed by atoms with Gasteiger partial charge in [-0.05, 0) is 44.8 Å². The van der Waals surface area contributed by atoms with Crippen LogP contribution in [0.2, 0.25) is 5.02 Å². The summed E-state index contributed by atoms with van der Waals surface area (Å²) in [4.78, 5) is 26.1. The lowest BCUT2D eigenvalue weighted by atomic mass is 10.1. The molecule has 2 aromatic rings. The van der Waals surface area contributed by atoms with E-state index in [1.165, 1.54) is 6.20 Å². The van der Waals surface area contributed by atoms with Gasteiger partial charge < -0.3 is 14.4 Å². The first-order chi connectivity index (χ1) is 13.0. The van der Waals surface area contributed by atoms with Crippen LogP contribution in [0.5, 0.6) is 5.75 Å². The van der Waals surface area contributed by atoms with Crippen molar-refractivity contribution < 1.29 is 19.0 Å². The van der Waals surface area contributed by atoms with Crippen molar-refractivity contribution in [3.05, 3.63) is 38.9 Å². The topological polar surface area (TPSA) is 71.8 Å². The number of carboxylic acids is 1. The fourth-order valence-corrected chi connectivity index (χ4v) is 3.98. The number of benzene rings is 1. The summed E-state index contributed by atoms with van der Waals surface area (Å²) in [6, 6.07) is 1.10. The third-order valence-electron chi connectivity index (χ3n) is 5.19. The molecule has 6 nitrogen and oxygen atoms in total. The Bertz CT molecular complexity index is 965. The minimum absolute atomic E-state index is 0.0207. The molecule has 0 radical (unpaired) electrons. The number of fused-ring (bicyclic) bond motifs is 1. The summed E-state index contributed by atoms with van der Waals surface area (Å²) >= 11 is 6.44. The lowest BCUT2D eigenvalue weighted by Crippen LogP contribution is -2.25. The van der Waals surface area contributed by atoms with Crippen molar-refractivity contribution in [2.75, 3.05) is 26.2 Å². The number of aromatic nitrogens is 1. The Labute approximate surface area is 160 Å². The largest absolute Gasteiger partial charge is 0.488 e. The molecule has 2 heterocycles. The van der Waals surface area contributed by atoms with Gasteiger partial charge in [0.05, 0.1) is 10.9 Å². The van der Waals surface area contributed by atoms with Gasteiger partial charge in [-0.1, -0.05) is 11.6 Å². The van der Waals surface area contributed by atoms with Crippen LogP contribution in [-0.2, 0) is 0 Å². The van der Waals surface area contributed by atoms with E-state index in [1.807, 2.05) is 0 Å². The first kappa shape index (κ1) is 18.3. The van der Waals surface area contributed by atoms with Crippen LogP contribution in [0.15, 0.2) is 17.1 Å². The zero-order valence-corrected chi connectivity index (χ0v) is 15.5. The molecule has 1 N–H and O–H groups in total. The highest BCUT2D eigenvalue weighted by Crippen LogP contribution is 2.41. The fourth-order valence-electron chi connectivity index (χ4n) is 3.63. The number of halogens is 2. The summed E-state index contributed by atoms with van der Waals surface area (Å²) < 4.78 is 21.9. The Morgan fingerprint density at radius 3 is 2.67 bits per heavy atom. The molecule has 1 aromatic carbocycles. The maximum absolute atomic E-state index is 14.6. The van der Waals surface area contributed by atoms with Gasteiger partial charge >= 0.3 is 5.97 Å². The van der Waals surface area contributed by atoms with E-state index in [0.29, 0.717) is 18.7 Å². The van der Waals surface area contributed by atoms with Crippen molar-refractivity contribution in [3.8, 4) is 5.75 Å². The van der Waals surface area contributed by atoms with Crippen LogP contribution in [-0.4, -0.2) is 46.8 Å². The molecule has 4 rings (SSSR count). The molecule has 0 spiro atoms. The van der Waals surface area contributed by atoms with E-state index in [0.717, 1.165) is 44.8 Å². The molecule has 144 valence electrons. The SMILES string of the molecule is O=C(O)c1cn(C2CC2)c2c(Cl)c(OCCN3CCCC3)c(F)cc2c1=O. The van der Waals surface area contributed by atoms with E-state index < -0.39 is 17.2 Å². The molecule has 1 aliphatic carbocycles. The summed E-state index contributed by atoms with van der Waals surface area (Å²) in [7, 11) is 0. The summed E-state index contributed by atoms with van der Waals surface area (Å²) in [5, 5.41) is 9.28. The first-order valence-corrected chi connectivity index (χ1v) is 9.50. The predicted octanol–water partition coefficient (Wildman–Crippen LogP) is 3.30. The summed E-state index contributed by atoms with van der Waals surface area (Å²) in [6.45, 7) is 3.00. The van der Waals surface area contributed by atoms with Gasteiger partial charge in [-0.3, -0.25) is 9.69 Å². The number of nitrogens with zero attached hydrogens (tertiary/aromatic N) is 2. The van der Waals surface area contributed by atoms with Gasteiger partial charge in [-0.25, -0.2) is 9.18 Å². The van der Waals surface area contributed by atoms with Crippen LogP contribution >= 0.6 is 11.6 Å². The molecule has 0 bridgehead atoms. The van der Waals surface area contributed by atoms with Crippen molar-refractivity contribution in [3.63, 3.8) is 0 Å². The average Bonchev–Trinajstić information content (AvgIpc) is 3.34. The molecule has 1 saturated carbocycles. The van der Waals surface area contributed by atoms with Gasteiger partial charge in [0.25, 0.3) is 0 Å². The molecule has 1 saturated heterocycles. The highest BCUT2D eigenvalue weighted by atomic mass is 35.5. The number of hydrogen-bond acceptors (Lipinski definition) is 4. The smallest absolute Gasteiger partial charge is 0.341 e. The van der Waals surface area contributed by atoms with Gasteiger partial charge in [0, 0.05) is 18.8 Å². The van der Waals surface area contributed by atoms with Gasteiger partial charge in [-0.15, -0.1) is 0 Å². The zero-order chi connectivity index (χ0) is 19.1. The summed E-state index contributed by atoms with van der Waals surface area (Å²) in [5.41, 5.74) is -0.780. The zero-order valence-electron chi connectivity index (χ0n) is 14.7. The van der Waals surface area contributed by atoms with E-state index in [4.69, 9.17) is 16.3 Å². The highest BCUT2D eigenvalue weighted by Gasteiger charge is 2.29. The number of likely N-dealkylation sites (tertiary alicyclic amines) is 1. The van der Waals surface area contributed by atoms with Crippen molar-refractivity contribution in [2.45, 2.75) is 31.7 Å². The third-order valence-corrected chi connectivity index (χ3v) is 5.54. The van der Waals surface area contributed by atoms with Crippen LogP contribution in [0, 0.1) is 5.82 Å². The molecular weight excluding hydrogens is 375 g/mol. The van der Waals surface area contributed by atoms with Crippen molar-refractivity contribution in [1.29, 1.82) is 0 Å². The van der Waals surface area contributed by atoms with E-state index in [-0.39, 0.29) is 27.8 Å². The minimum Gasteiger partial charge on any atom is -0.488 e. The van der Waals surface area contributed by atoms with Crippen LogP contribution in [0.25, 0.3) is 10.9 Å². The van der Waals surface area contributed by atoms with Crippen LogP contribution in [0.4, 0.5) is 4.39 Å². The molecule has 8 heteroatoms. The number of rotatable bonds is 6. The number of pyridine rings is 1. The lowest BCUT2D eigenvalue weighted by molar-refractivity contribution is 0.0695. The average molecular weight is 395 g/mol. The van der Waals surface area contributed by atoms with Gasteiger partial charge in [-0.2, -0.15) is 0 Å². The number of hydrogen-bond donors (Lipinski definition) is 1. The van der Waals surface area contributed by atoms with Crippen molar-refractivity contribution in [2.24, 2.45) is 0 Å². The van der Waals surface area contributed by atoms with Gasteiger partial charge in [0.1, 0.15) is 17.2 Å². The summed E-state index contributed by atoms with van der Waals surface area (Å²) in [5.74, 6) is -2.17. The molecule has 1 aromatic heterocycles. The number of carboxylic acid groups (broad SMARTS) is 1. The van der Waals surface area contributed by atoms with Crippen molar-refractivity contribution >= 4 is 28.5 Å². The Kier molecular flexibility index (Phi) is 4.82. The second kappa shape index (κ2) is 7.13. The van der Waals surface area contributed by atoms with Gasteiger partial charge in [0.2, 0.25) is 5.43 Å². The van der Waals surface area contributed by atoms with Crippen molar-refractivity contribution in [1.82, 2.24) is 9.47 Å². The number of ether oxygens (including phenoxy) is 1. The second-order valence-electron chi connectivity index (χ2n) is 7.11. The Hall–Kier alpha value is -2.12. The predicted molar refractivity (Wildman–Crippen MR) is 99.6 cm³/mol. The highest BCUT2D eigenvalue weighted by molar-refractivity contribution is 6.36. The van der Waals surface area contributed by atoms with E-state index >= 15 is 0 Å². The molecule has 0 amide bonds. The third kappa shape index (κ3) is 3.41. The van der Waals surface area contributed by atoms with E-state index in [9.17, 15) is 19.1 Å². The Balaban J connectivity index is 1.75. The van der Waals surface area contributed by atoms with E-state index in [2.05, 4.69) is 4.90 Å². The standard InChI is InChI=1S/C19H20ClFN2O4/c20-15-16-12(17(24)13(19(25)26)10-23(16)11-3-4-11)9-14(21)18(15)27-8-7-22-5-1-2-6-22/h9-11H,1-8H2,(H,25,26). The molecule has 27 heavy (non-hydrogen) atoms. The molecule has 1 aliphatic heterocycles. The normalized spacial score (nSPS) is 17.6. The quantitative estimate of drug-likeness (QED) is 0.813. The van der Waals surface area contributed by atoms with Gasteiger partial charge in [0.15, 0.2) is 11.6 Å². The van der Waals surface area contributed by atoms with Crippen LogP contribution in [0.1, 0.15) is 42.1 Å². The first-order valence-electron chi connectivity index (χ1n) is 9.12. The molecule has 0 atom stereocenters. The van der Waals surface area contributed by atoms with Crippen LogP contribution < -0.4 is 10.2 Å². The Morgan fingerprint density at radius 2 is 2.04 bits per heavy atom. The maximum Gasteiger partial charge on any atom is 0.341 e.